The summed E-state index contributed by atoms with van der Waals surface area (Å²) in [6, 6.07) is 17.5. The number of fused-ring (bicyclic) bond motifs is 2. The molecule has 0 N–H and O–H groups in total. The normalized spacial score (nSPS) is 21.1. The standard InChI is InChI=1S/C24H25NO4/c1-2-29-23(28)20-21(26)18-10-6-7-11-19(18)24(22(20)27)12-14-25(15-13-24)16-17-8-4-3-5-9-17/h3-11,20H,2,12-16H2,1H3. The lowest BCUT2D eigenvalue weighted by Crippen LogP contribution is -2.55. The zero-order chi connectivity index (χ0) is 20.4. The van der Waals surface area contributed by atoms with Crippen molar-refractivity contribution in [3.63, 3.8) is 0 Å². The van der Waals surface area contributed by atoms with E-state index in [0.717, 1.165) is 25.2 Å². The van der Waals surface area contributed by atoms with Crippen molar-refractivity contribution in [1.82, 2.24) is 4.90 Å². The summed E-state index contributed by atoms with van der Waals surface area (Å²) in [6.45, 7) is 4.13. The van der Waals surface area contributed by atoms with Gasteiger partial charge in [0, 0.05) is 12.1 Å². The van der Waals surface area contributed by atoms with Gasteiger partial charge < -0.3 is 4.74 Å². The molecule has 0 amide bonds. The Hall–Kier alpha value is -2.79. The molecule has 5 heteroatoms. The number of benzene rings is 2. The molecule has 0 radical (unpaired) electrons. The SMILES string of the molecule is CCOC(=O)C1C(=O)c2ccccc2C2(CCN(Cc3ccccc3)CC2)C1=O. The van der Waals surface area contributed by atoms with Gasteiger partial charge in [-0.2, -0.15) is 0 Å². The number of rotatable bonds is 4. The number of piperidine rings is 1. The molecule has 2 aromatic rings. The zero-order valence-electron chi connectivity index (χ0n) is 16.6. The van der Waals surface area contributed by atoms with E-state index >= 15 is 0 Å². The summed E-state index contributed by atoms with van der Waals surface area (Å²) in [5, 5.41) is 0. The van der Waals surface area contributed by atoms with E-state index in [0.29, 0.717) is 18.4 Å². The zero-order valence-corrected chi connectivity index (χ0v) is 16.6. The van der Waals surface area contributed by atoms with Gasteiger partial charge in [-0.25, -0.2) is 0 Å². The van der Waals surface area contributed by atoms with Crippen LogP contribution >= 0.6 is 0 Å². The molecule has 1 unspecified atom stereocenters. The van der Waals surface area contributed by atoms with E-state index in [1.54, 1.807) is 19.1 Å². The molecule has 0 aromatic heterocycles. The summed E-state index contributed by atoms with van der Waals surface area (Å²) in [5.41, 5.74) is 1.70. The summed E-state index contributed by atoms with van der Waals surface area (Å²) in [4.78, 5) is 41.3. The quantitative estimate of drug-likeness (QED) is 0.592. The van der Waals surface area contributed by atoms with Crippen LogP contribution in [0.5, 0.6) is 0 Å². The van der Waals surface area contributed by atoms with E-state index in [2.05, 4.69) is 17.0 Å². The van der Waals surface area contributed by atoms with Crippen LogP contribution in [0.4, 0.5) is 0 Å². The van der Waals surface area contributed by atoms with Gasteiger partial charge >= 0.3 is 5.97 Å². The monoisotopic (exact) mass is 391 g/mol. The Morgan fingerprint density at radius 3 is 2.38 bits per heavy atom. The first-order valence-electron chi connectivity index (χ1n) is 10.2. The molecule has 1 atom stereocenters. The second-order valence-electron chi connectivity index (χ2n) is 7.80. The summed E-state index contributed by atoms with van der Waals surface area (Å²) in [5.74, 6) is -2.78. The molecule has 1 heterocycles. The Kier molecular flexibility index (Phi) is 5.33. The summed E-state index contributed by atoms with van der Waals surface area (Å²) in [6.07, 6.45) is 1.19. The van der Waals surface area contributed by atoms with Crippen LogP contribution in [0.3, 0.4) is 0 Å². The van der Waals surface area contributed by atoms with Crippen LogP contribution in [0.2, 0.25) is 0 Å². The van der Waals surface area contributed by atoms with Crippen LogP contribution in [0.15, 0.2) is 54.6 Å². The molecule has 1 spiro atoms. The molecule has 2 aliphatic rings. The van der Waals surface area contributed by atoms with Crippen molar-refractivity contribution in [2.24, 2.45) is 5.92 Å². The molecule has 4 rings (SSSR count). The number of nitrogens with zero attached hydrogens (tertiary/aromatic N) is 1. The fraction of sp³-hybridized carbons (Fsp3) is 0.375. The number of ether oxygens (including phenoxy) is 1. The molecule has 1 fully saturated rings. The second-order valence-corrected chi connectivity index (χ2v) is 7.80. The average Bonchev–Trinajstić information content (AvgIpc) is 2.75. The van der Waals surface area contributed by atoms with Gasteiger partial charge in [-0.05, 0) is 44.0 Å². The van der Waals surface area contributed by atoms with Crippen LogP contribution < -0.4 is 0 Å². The first-order valence-corrected chi connectivity index (χ1v) is 10.2. The predicted molar refractivity (Wildman–Crippen MR) is 109 cm³/mol. The summed E-state index contributed by atoms with van der Waals surface area (Å²) >= 11 is 0. The molecule has 0 bridgehead atoms. The molecular formula is C24H25NO4. The molecule has 0 saturated carbocycles. The fourth-order valence-corrected chi connectivity index (χ4v) is 4.69. The summed E-state index contributed by atoms with van der Waals surface area (Å²) in [7, 11) is 0. The van der Waals surface area contributed by atoms with Gasteiger partial charge in [0.1, 0.15) is 0 Å². The van der Waals surface area contributed by atoms with Crippen molar-refractivity contribution >= 4 is 17.5 Å². The van der Waals surface area contributed by atoms with Crippen molar-refractivity contribution in [2.45, 2.75) is 31.7 Å². The largest absolute Gasteiger partial charge is 0.465 e. The minimum Gasteiger partial charge on any atom is -0.465 e. The Balaban J connectivity index is 1.63. The highest BCUT2D eigenvalue weighted by Gasteiger charge is 2.55. The summed E-state index contributed by atoms with van der Waals surface area (Å²) < 4.78 is 5.08. The molecule has 1 aliphatic carbocycles. The number of hydrogen-bond acceptors (Lipinski definition) is 5. The van der Waals surface area contributed by atoms with E-state index in [1.165, 1.54) is 5.56 Å². The van der Waals surface area contributed by atoms with Crippen LogP contribution in [-0.2, 0) is 26.3 Å². The van der Waals surface area contributed by atoms with Crippen molar-refractivity contribution in [1.29, 1.82) is 0 Å². The van der Waals surface area contributed by atoms with Crippen LogP contribution in [0.25, 0.3) is 0 Å². The lowest BCUT2D eigenvalue weighted by Gasteiger charge is -2.45. The van der Waals surface area contributed by atoms with Gasteiger partial charge in [0.2, 0.25) is 0 Å². The number of esters is 1. The van der Waals surface area contributed by atoms with Gasteiger partial charge in [0.25, 0.3) is 0 Å². The highest BCUT2D eigenvalue weighted by atomic mass is 16.5. The van der Waals surface area contributed by atoms with E-state index in [-0.39, 0.29) is 12.4 Å². The number of Topliss-reactive ketones (excluding diaryl/α,β-unsaturated/α-hetero) is 2. The topological polar surface area (TPSA) is 63.7 Å². The van der Waals surface area contributed by atoms with Crippen LogP contribution in [-0.4, -0.2) is 42.1 Å². The molecular weight excluding hydrogens is 366 g/mol. The van der Waals surface area contributed by atoms with Gasteiger partial charge in [-0.3, -0.25) is 19.3 Å². The van der Waals surface area contributed by atoms with E-state index in [1.807, 2.05) is 30.3 Å². The fourth-order valence-electron chi connectivity index (χ4n) is 4.69. The van der Waals surface area contributed by atoms with Gasteiger partial charge in [0.15, 0.2) is 17.5 Å². The maximum atomic E-state index is 13.5. The third-order valence-electron chi connectivity index (χ3n) is 6.19. The third-order valence-corrected chi connectivity index (χ3v) is 6.19. The van der Waals surface area contributed by atoms with Gasteiger partial charge in [-0.15, -0.1) is 0 Å². The highest BCUT2D eigenvalue weighted by molar-refractivity contribution is 6.28. The minimum absolute atomic E-state index is 0.148. The number of likely N-dealkylation sites (tertiary alicyclic amines) is 1. The van der Waals surface area contributed by atoms with Gasteiger partial charge in [0.05, 0.1) is 12.0 Å². The lowest BCUT2D eigenvalue weighted by molar-refractivity contribution is -0.151. The number of carbonyl (C=O) groups is 3. The van der Waals surface area contributed by atoms with Crippen LogP contribution in [0.1, 0.15) is 41.3 Å². The van der Waals surface area contributed by atoms with Crippen molar-refractivity contribution in [3.8, 4) is 0 Å². The molecule has 1 aliphatic heterocycles. The van der Waals surface area contributed by atoms with Crippen molar-refractivity contribution in [2.75, 3.05) is 19.7 Å². The smallest absolute Gasteiger partial charge is 0.324 e. The van der Waals surface area contributed by atoms with Crippen molar-refractivity contribution in [3.05, 3.63) is 71.3 Å². The number of hydrogen-bond donors (Lipinski definition) is 0. The molecule has 5 nitrogen and oxygen atoms in total. The van der Waals surface area contributed by atoms with Crippen LogP contribution in [0, 0.1) is 5.92 Å². The molecule has 2 aromatic carbocycles. The van der Waals surface area contributed by atoms with Gasteiger partial charge in [-0.1, -0.05) is 54.6 Å². The lowest BCUT2D eigenvalue weighted by atomic mass is 9.60. The predicted octanol–water partition coefficient (Wildman–Crippen LogP) is 3.17. The average molecular weight is 391 g/mol. The molecule has 150 valence electrons. The Morgan fingerprint density at radius 2 is 1.69 bits per heavy atom. The van der Waals surface area contributed by atoms with E-state index in [9.17, 15) is 14.4 Å². The Morgan fingerprint density at radius 1 is 1.03 bits per heavy atom. The second kappa shape index (κ2) is 7.91. The number of carbonyl (C=O) groups excluding carboxylic acids is 3. The highest BCUT2D eigenvalue weighted by Crippen LogP contribution is 2.44. The maximum Gasteiger partial charge on any atom is 0.324 e. The van der Waals surface area contributed by atoms with E-state index < -0.39 is 23.1 Å². The number of ketones is 2. The first kappa shape index (κ1) is 19.5. The molecule has 29 heavy (non-hydrogen) atoms. The van der Waals surface area contributed by atoms with Crippen molar-refractivity contribution < 1.29 is 19.1 Å². The Labute approximate surface area is 170 Å². The Bertz CT molecular complexity index is 929. The van der Waals surface area contributed by atoms with E-state index in [4.69, 9.17) is 4.74 Å². The third kappa shape index (κ3) is 3.40. The molecule has 1 saturated heterocycles. The maximum absolute atomic E-state index is 13.5. The minimum atomic E-state index is -1.34. The first-order chi connectivity index (χ1) is 14.1.